The molecule has 3 atom stereocenters. The van der Waals surface area contributed by atoms with Gasteiger partial charge in [0.1, 0.15) is 5.82 Å². The normalized spacial score (nSPS) is 27.5. The summed E-state index contributed by atoms with van der Waals surface area (Å²) in [5.41, 5.74) is 0. The second-order valence-corrected chi connectivity index (χ2v) is 7.00. The number of anilines is 1. The zero-order valence-corrected chi connectivity index (χ0v) is 14.8. The fraction of sp³-hybridized carbons (Fsp3) is 0.647. The van der Waals surface area contributed by atoms with Crippen LogP contribution in [0.2, 0.25) is 5.02 Å². The summed E-state index contributed by atoms with van der Waals surface area (Å²) in [5, 5.41) is 17.4. The molecule has 2 fully saturated rings. The molecule has 1 saturated heterocycles. The molecule has 1 aromatic rings. The molecular formula is C17H26ClN5O. The van der Waals surface area contributed by atoms with Gasteiger partial charge < -0.3 is 20.6 Å². The number of guanidine groups is 1. The third-order valence-electron chi connectivity index (χ3n) is 4.94. The van der Waals surface area contributed by atoms with Crippen molar-refractivity contribution in [3.05, 3.63) is 23.4 Å². The van der Waals surface area contributed by atoms with Crippen LogP contribution in [0.5, 0.6) is 0 Å². The van der Waals surface area contributed by atoms with Gasteiger partial charge in [-0.3, -0.25) is 4.99 Å². The van der Waals surface area contributed by atoms with Crippen LogP contribution in [0.4, 0.5) is 5.82 Å². The van der Waals surface area contributed by atoms with Gasteiger partial charge in [0.2, 0.25) is 0 Å². The molecule has 0 aromatic carbocycles. The number of rotatable bonds is 4. The minimum absolute atomic E-state index is 0.177. The molecule has 132 valence electrons. The molecular weight excluding hydrogens is 326 g/mol. The highest BCUT2D eigenvalue weighted by atomic mass is 35.5. The van der Waals surface area contributed by atoms with E-state index in [1.807, 2.05) is 12.1 Å². The fourth-order valence-electron chi connectivity index (χ4n) is 3.55. The predicted molar refractivity (Wildman–Crippen MR) is 97.7 cm³/mol. The van der Waals surface area contributed by atoms with Gasteiger partial charge in [-0.05, 0) is 31.4 Å². The lowest BCUT2D eigenvalue weighted by Crippen LogP contribution is -2.46. The third-order valence-corrected chi connectivity index (χ3v) is 5.24. The summed E-state index contributed by atoms with van der Waals surface area (Å²) in [6.07, 6.45) is 5.72. The summed E-state index contributed by atoms with van der Waals surface area (Å²) < 4.78 is 0. The Hall–Kier alpha value is -1.53. The predicted octanol–water partition coefficient (Wildman–Crippen LogP) is 1.64. The fourth-order valence-corrected chi connectivity index (χ4v) is 3.79. The van der Waals surface area contributed by atoms with Crippen molar-refractivity contribution in [2.45, 2.75) is 37.8 Å². The molecule has 0 bridgehead atoms. The monoisotopic (exact) mass is 351 g/mol. The topological polar surface area (TPSA) is 72.8 Å². The molecule has 3 N–H and O–H groups in total. The molecule has 1 aromatic heterocycles. The molecule has 6 nitrogen and oxygen atoms in total. The maximum Gasteiger partial charge on any atom is 0.191 e. The van der Waals surface area contributed by atoms with E-state index >= 15 is 0 Å². The molecule has 0 spiro atoms. The molecule has 0 amide bonds. The van der Waals surface area contributed by atoms with Gasteiger partial charge in [-0.15, -0.1) is 0 Å². The Kier molecular flexibility index (Phi) is 5.79. The average Bonchev–Trinajstić information content (AvgIpc) is 3.21. The zero-order chi connectivity index (χ0) is 16.9. The summed E-state index contributed by atoms with van der Waals surface area (Å²) in [5.74, 6) is 1.98. The molecule has 0 radical (unpaired) electrons. The van der Waals surface area contributed by atoms with Crippen LogP contribution in [-0.4, -0.2) is 54.9 Å². The second kappa shape index (κ2) is 8.03. The van der Waals surface area contributed by atoms with E-state index in [1.165, 1.54) is 0 Å². The SMILES string of the molecule is CN=C(NCC1CCCC1O)NC1CCN(c2ncccc2Cl)C1. The van der Waals surface area contributed by atoms with Crippen LogP contribution < -0.4 is 15.5 Å². The van der Waals surface area contributed by atoms with Crippen LogP contribution in [0.1, 0.15) is 25.7 Å². The lowest BCUT2D eigenvalue weighted by atomic mass is 10.1. The quantitative estimate of drug-likeness (QED) is 0.568. The van der Waals surface area contributed by atoms with E-state index in [0.29, 0.717) is 17.0 Å². The molecule has 24 heavy (non-hydrogen) atoms. The highest BCUT2D eigenvalue weighted by Gasteiger charge is 2.27. The Morgan fingerprint density at radius 3 is 3.04 bits per heavy atom. The maximum atomic E-state index is 9.92. The summed E-state index contributed by atoms with van der Waals surface area (Å²) >= 11 is 6.24. The van der Waals surface area contributed by atoms with Gasteiger partial charge in [-0.1, -0.05) is 18.0 Å². The minimum Gasteiger partial charge on any atom is -0.393 e. The number of halogens is 1. The lowest BCUT2D eigenvalue weighted by molar-refractivity contribution is 0.134. The Labute approximate surface area is 148 Å². The largest absolute Gasteiger partial charge is 0.393 e. The summed E-state index contributed by atoms with van der Waals surface area (Å²) in [6.45, 7) is 2.54. The molecule has 1 aliphatic carbocycles. The molecule has 1 aliphatic heterocycles. The third kappa shape index (κ3) is 4.11. The summed E-state index contributed by atoms with van der Waals surface area (Å²) in [7, 11) is 1.78. The molecule has 2 heterocycles. The number of aliphatic imine (C=N–C) groups is 1. The first-order chi connectivity index (χ1) is 11.7. The first-order valence-electron chi connectivity index (χ1n) is 8.68. The first-order valence-corrected chi connectivity index (χ1v) is 9.06. The van der Waals surface area contributed by atoms with Crippen molar-refractivity contribution < 1.29 is 5.11 Å². The van der Waals surface area contributed by atoms with Crippen molar-refractivity contribution in [1.29, 1.82) is 0 Å². The summed E-state index contributed by atoms with van der Waals surface area (Å²) in [4.78, 5) is 10.9. The van der Waals surface area contributed by atoms with Crippen molar-refractivity contribution in [2.75, 3.05) is 31.6 Å². The lowest BCUT2D eigenvalue weighted by Gasteiger charge is -2.21. The zero-order valence-electron chi connectivity index (χ0n) is 14.1. The van der Waals surface area contributed by atoms with Gasteiger partial charge in [0.15, 0.2) is 5.96 Å². The average molecular weight is 352 g/mol. The van der Waals surface area contributed by atoms with Gasteiger partial charge in [0, 0.05) is 44.8 Å². The highest BCUT2D eigenvalue weighted by Crippen LogP contribution is 2.26. The molecule has 7 heteroatoms. The Morgan fingerprint density at radius 2 is 2.33 bits per heavy atom. The van der Waals surface area contributed by atoms with Crippen LogP contribution in [0, 0.1) is 5.92 Å². The Balaban J connectivity index is 1.49. The number of pyridine rings is 1. The van der Waals surface area contributed by atoms with Crippen LogP contribution in [0.3, 0.4) is 0 Å². The van der Waals surface area contributed by atoms with Crippen LogP contribution in [0.25, 0.3) is 0 Å². The van der Waals surface area contributed by atoms with Crippen molar-refractivity contribution >= 4 is 23.4 Å². The molecule has 1 saturated carbocycles. The Bertz CT molecular complexity index is 582. The number of aromatic nitrogens is 1. The van der Waals surface area contributed by atoms with E-state index in [4.69, 9.17) is 11.6 Å². The van der Waals surface area contributed by atoms with Gasteiger partial charge in [-0.2, -0.15) is 0 Å². The second-order valence-electron chi connectivity index (χ2n) is 6.60. The molecule has 3 unspecified atom stereocenters. The van der Waals surface area contributed by atoms with Gasteiger partial charge >= 0.3 is 0 Å². The number of aliphatic hydroxyl groups excluding tert-OH is 1. The minimum atomic E-state index is -0.177. The molecule has 3 rings (SSSR count). The van der Waals surface area contributed by atoms with E-state index in [2.05, 4.69) is 25.5 Å². The van der Waals surface area contributed by atoms with Gasteiger partial charge in [0.05, 0.1) is 11.1 Å². The van der Waals surface area contributed by atoms with E-state index in [-0.39, 0.29) is 6.10 Å². The smallest absolute Gasteiger partial charge is 0.191 e. The van der Waals surface area contributed by atoms with Crippen molar-refractivity contribution in [3.63, 3.8) is 0 Å². The van der Waals surface area contributed by atoms with Crippen molar-refractivity contribution in [1.82, 2.24) is 15.6 Å². The molecule has 2 aliphatic rings. The first kappa shape index (κ1) is 17.3. The van der Waals surface area contributed by atoms with Crippen molar-refractivity contribution in [3.8, 4) is 0 Å². The number of nitrogens with zero attached hydrogens (tertiary/aromatic N) is 3. The van der Waals surface area contributed by atoms with E-state index in [0.717, 1.165) is 57.1 Å². The Morgan fingerprint density at radius 1 is 1.46 bits per heavy atom. The number of aliphatic hydroxyl groups is 1. The van der Waals surface area contributed by atoms with Gasteiger partial charge in [0.25, 0.3) is 0 Å². The van der Waals surface area contributed by atoms with Crippen LogP contribution in [-0.2, 0) is 0 Å². The van der Waals surface area contributed by atoms with E-state index < -0.39 is 0 Å². The van der Waals surface area contributed by atoms with Crippen molar-refractivity contribution in [2.24, 2.45) is 10.9 Å². The van der Waals surface area contributed by atoms with E-state index in [9.17, 15) is 5.11 Å². The van der Waals surface area contributed by atoms with Crippen LogP contribution in [0.15, 0.2) is 23.3 Å². The number of hydrogen-bond acceptors (Lipinski definition) is 4. The van der Waals surface area contributed by atoms with Crippen LogP contribution >= 0.6 is 11.6 Å². The highest BCUT2D eigenvalue weighted by molar-refractivity contribution is 6.32. The van der Waals surface area contributed by atoms with Gasteiger partial charge in [-0.25, -0.2) is 4.98 Å². The van der Waals surface area contributed by atoms with E-state index in [1.54, 1.807) is 13.2 Å². The standard InChI is InChI=1S/C17H26ClN5O/c1-19-17(21-10-12-4-2-6-15(12)24)22-13-7-9-23(11-13)16-14(18)5-3-8-20-16/h3,5,8,12-13,15,24H,2,4,6-7,9-11H2,1H3,(H2,19,21,22). The number of hydrogen-bond donors (Lipinski definition) is 3. The summed E-state index contributed by atoms with van der Waals surface area (Å²) in [6, 6.07) is 4.03. The number of nitrogens with one attached hydrogen (secondary N) is 2. The maximum absolute atomic E-state index is 9.92.